The van der Waals surface area contributed by atoms with Gasteiger partial charge >= 0.3 is 4.87 Å². The lowest BCUT2D eigenvalue weighted by molar-refractivity contribution is -0.118. The van der Waals surface area contributed by atoms with Crippen LogP contribution in [0.4, 0.5) is 0 Å². The van der Waals surface area contributed by atoms with E-state index in [1.165, 1.54) is 16.9 Å². The van der Waals surface area contributed by atoms with Gasteiger partial charge in [-0.05, 0) is 29.7 Å². The van der Waals surface area contributed by atoms with Crippen molar-refractivity contribution in [1.82, 2.24) is 4.98 Å². The maximum Gasteiger partial charge on any atom is 0.305 e. The van der Waals surface area contributed by atoms with Crippen molar-refractivity contribution >= 4 is 32.9 Å². The van der Waals surface area contributed by atoms with Crippen molar-refractivity contribution in [2.45, 2.75) is 19.3 Å². The monoisotopic (exact) mass is 245 g/mol. The topological polar surface area (TPSA) is 49.9 Å². The average molecular weight is 245 g/mol. The molecular weight excluding hydrogens is 234 g/mol. The van der Waals surface area contributed by atoms with E-state index in [-0.39, 0.29) is 4.87 Å². The van der Waals surface area contributed by atoms with Crippen LogP contribution < -0.4 is 4.87 Å². The minimum absolute atomic E-state index is 0.0232. The van der Waals surface area contributed by atoms with E-state index >= 15 is 0 Å². The molecule has 0 saturated heterocycles. The van der Waals surface area contributed by atoms with Crippen LogP contribution in [-0.4, -0.2) is 10.8 Å². The number of carbonyl (C=O) groups is 1. The standard InChI is InChI=1S/C13H11NO2S/c15-10-4-1-8(2-5-10)9-3-6-11-12(7-9)17-13(16)14-11/h1,3,6-7H,2,4-5H2,(H,14,16). The molecule has 0 radical (unpaired) electrons. The van der Waals surface area contributed by atoms with Crippen molar-refractivity contribution in [3.63, 3.8) is 0 Å². The molecule has 1 N–H and O–H groups in total. The summed E-state index contributed by atoms with van der Waals surface area (Å²) in [5.74, 6) is 0.307. The molecule has 1 aromatic carbocycles. The number of ketones is 1. The van der Waals surface area contributed by atoms with Crippen LogP contribution in [0, 0.1) is 0 Å². The van der Waals surface area contributed by atoms with Crippen molar-refractivity contribution in [3.8, 4) is 0 Å². The predicted octanol–water partition coefficient (Wildman–Crippen LogP) is 2.73. The third-order valence-electron chi connectivity index (χ3n) is 3.04. The zero-order valence-corrected chi connectivity index (χ0v) is 9.97. The molecule has 0 fully saturated rings. The van der Waals surface area contributed by atoms with Crippen LogP contribution in [0.5, 0.6) is 0 Å². The normalized spacial score (nSPS) is 16.2. The van der Waals surface area contributed by atoms with Gasteiger partial charge in [0.15, 0.2) is 0 Å². The summed E-state index contributed by atoms with van der Waals surface area (Å²) in [6.07, 6.45) is 3.98. The highest BCUT2D eigenvalue weighted by atomic mass is 32.1. The van der Waals surface area contributed by atoms with Crippen LogP contribution >= 0.6 is 11.3 Å². The minimum atomic E-state index is -0.0232. The third-order valence-corrected chi connectivity index (χ3v) is 3.89. The van der Waals surface area contributed by atoms with E-state index in [2.05, 4.69) is 4.98 Å². The van der Waals surface area contributed by atoms with Crippen LogP contribution in [0.15, 0.2) is 29.1 Å². The molecule has 4 heteroatoms. The molecule has 1 aromatic heterocycles. The predicted molar refractivity (Wildman–Crippen MR) is 69.3 cm³/mol. The highest BCUT2D eigenvalue weighted by Gasteiger charge is 2.12. The number of rotatable bonds is 1. The highest BCUT2D eigenvalue weighted by Crippen LogP contribution is 2.28. The van der Waals surface area contributed by atoms with Crippen LogP contribution in [0.3, 0.4) is 0 Å². The van der Waals surface area contributed by atoms with E-state index in [0.29, 0.717) is 18.6 Å². The van der Waals surface area contributed by atoms with Crippen LogP contribution in [0.2, 0.25) is 0 Å². The molecule has 17 heavy (non-hydrogen) atoms. The summed E-state index contributed by atoms with van der Waals surface area (Å²) in [5.41, 5.74) is 3.23. The summed E-state index contributed by atoms with van der Waals surface area (Å²) in [7, 11) is 0. The van der Waals surface area contributed by atoms with Crippen molar-refractivity contribution in [2.24, 2.45) is 0 Å². The van der Waals surface area contributed by atoms with Gasteiger partial charge in [0.25, 0.3) is 0 Å². The number of Topliss-reactive ketones (excluding diaryl/α,β-unsaturated/α-hetero) is 1. The first-order chi connectivity index (χ1) is 8.22. The van der Waals surface area contributed by atoms with Gasteiger partial charge in [-0.15, -0.1) is 0 Å². The minimum Gasteiger partial charge on any atom is -0.312 e. The number of nitrogens with one attached hydrogen (secondary N) is 1. The van der Waals surface area contributed by atoms with Gasteiger partial charge in [0.1, 0.15) is 5.78 Å². The Bertz CT molecular complexity index is 678. The number of H-pyrrole nitrogens is 1. The third kappa shape index (κ3) is 1.96. The second-order valence-electron chi connectivity index (χ2n) is 4.20. The largest absolute Gasteiger partial charge is 0.312 e. The smallest absolute Gasteiger partial charge is 0.305 e. The molecule has 0 spiro atoms. The molecule has 86 valence electrons. The van der Waals surface area contributed by atoms with E-state index in [0.717, 1.165) is 22.2 Å². The Labute approximate surface area is 102 Å². The lowest BCUT2D eigenvalue weighted by atomic mass is 9.93. The van der Waals surface area contributed by atoms with Gasteiger partial charge in [-0.3, -0.25) is 9.59 Å². The highest BCUT2D eigenvalue weighted by molar-refractivity contribution is 7.16. The molecule has 2 aromatic rings. The first-order valence-electron chi connectivity index (χ1n) is 5.56. The number of hydrogen-bond acceptors (Lipinski definition) is 3. The van der Waals surface area contributed by atoms with Gasteiger partial charge in [0.05, 0.1) is 10.2 Å². The number of fused-ring (bicyclic) bond motifs is 1. The van der Waals surface area contributed by atoms with E-state index in [4.69, 9.17) is 0 Å². The number of aromatic nitrogens is 1. The number of hydrogen-bond donors (Lipinski definition) is 1. The molecule has 0 amide bonds. The summed E-state index contributed by atoms with van der Waals surface area (Å²) in [6, 6.07) is 5.96. The van der Waals surface area contributed by atoms with Gasteiger partial charge in [0.2, 0.25) is 0 Å². The van der Waals surface area contributed by atoms with Gasteiger partial charge in [-0.25, -0.2) is 0 Å². The summed E-state index contributed by atoms with van der Waals surface area (Å²) in [6.45, 7) is 0. The molecule has 3 rings (SSSR count). The number of aromatic amines is 1. The molecule has 0 atom stereocenters. The van der Waals surface area contributed by atoms with Crippen molar-refractivity contribution < 1.29 is 4.79 Å². The number of thiazole rings is 1. The fraction of sp³-hybridized carbons (Fsp3) is 0.231. The zero-order valence-electron chi connectivity index (χ0n) is 9.16. The van der Waals surface area contributed by atoms with Crippen LogP contribution in [0.1, 0.15) is 24.8 Å². The first-order valence-corrected chi connectivity index (χ1v) is 6.38. The van der Waals surface area contributed by atoms with Crippen molar-refractivity contribution in [2.75, 3.05) is 0 Å². The number of benzene rings is 1. The Morgan fingerprint density at radius 2 is 2.06 bits per heavy atom. The fourth-order valence-corrected chi connectivity index (χ4v) is 2.90. The van der Waals surface area contributed by atoms with Gasteiger partial charge in [-0.1, -0.05) is 23.5 Å². The Morgan fingerprint density at radius 1 is 1.18 bits per heavy atom. The molecule has 0 aliphatic heterocycles. The van der Waals surface area contributed by atoms with Gasteiger partial charge in [-0.2, -0.15) is 0 Å². The molecule has 0 bridgehead atoms. The molecule has 1 heterocycles. The van der Waals surface area contributed by atoms with E-state index in [1.807, 2.05) is 24.3 Å². The second kappa shape index (κ2) is 3.96. The Balaban J connectivity index is 2.06. The summed E-state index contributed by atoms with van der Waals surface area (Å²) in [4.78, 5) is 25.2. The Hall–Kier alpha value is -1.68. The number of carbonyl (C=O) groups excluding carboxylic acids is 1. The van der Waals surface area contributed by atoms with Crippen molar-refractivity contribution in [1.29, 1.82) is 0 Å². The molecule has 1 aliphatic rings. The molecule has 1 aliphatic carbocycles. The maximum atomic E-state index is 11.2. The summed E-state index contributed by atoms with van der Waals surface area (Å²) in [5, 5.41) is 0. The summed E-state index contributed by atoms with van der Waals surface area (Å²) >= 11 is 1.23. The van der Waals surface area contributed by atoms with E-state index in [1.54, 1.807) is 0 Å². The van der Waals surface area contributed by atoms with Crippen LogP contribution in [-0.2, 0) is 4.79 Å². The molecule has 0 saturated carbocycles. The average Bonchev–Trinajstić information content (AvgIpc) is 2.69. The summed E-state index contributed by atoms with van der Waals surface area (Å²) < 4.78 is 0.977. The lowest BCUT2D eigenvalue weighted by Gasteiger charge is -2.12. The van der Waals surface area contributed by atoms with Gasteiger partial charge in [0, 0.05) is 12.8 Å². The van der Waals surface area contributed by atoms with Gasteiger partial charge < -0.3 is 4.98 Å². The van der Waals surface area contributed by atoms with E-state index < -0.39 is 0 Å². The molecular formula is C13H11NO2S. The Morgan fingerprint density at radius 3 is 2.82 bits per heavy atom. The lowest BCUT2D eigenvalue weighted by Crippen LogP contribution is -2.02. The Kier molecular flexibility index (Phi) is 2.44. The molecule has 0 unspecified atom stereocenters. The molecule has 3 nitrogen and oxygen atoms in total. The number of allylic oxidation sites excluding steroid dienone is 2. The SMILES string of the molecule is O=C1CC=C(c2ccc3[nH]c(=O)sc3c2)CC1. The fourth-order valence-electron chi connectivity index (χ4n) is 2.12. The van der Waals surface area contributed by atoms with Crippen molar-refractivity contribution in [3.05, 3.63) is 39.5 Å². The maximum absolute atomic E-state index is 11.2. The zero-order chi connectivity index (χ0) is 11.8. The quantitative estimate of drug-likeness (QED) is 0.839. The van der Waals surface area contributed by atoms with Crippen LogP contribution in [0.25, 0.3) is 15.8 Å². The van der Waals surface area contributed by atoms with E-state index in [9.17, 15) is 9.59 Å². The second-order valence-corrected chi connectivity index (χ2v) is 5.21. The first kappa shape index (κ1) is 10.5.